The van der Waals surface area contributed by atoms with Crippen LogP contribution in [-0.2, 0) is 10.0 Å². The topological polar surface area (TPSA) is 78.1 Å². The Bertz CT molecular complexity index is 502. The third kappa shape index (κ3) is 2.98. The van der Waals surface area contributed by atoms with E-state index in [1.807, 2.05) is 0 Å². The molecule has 3 rings (SSSR count). The van der Waals surface area contributed by atoms with Crippen LogP contribution in [0.4, 0.5) is 0 Å². The van der Waals surface area contributed by atoms with Crippen LogP contribution in [0.25, 0.3) is 0 Å². The molecular weight excluding hydrogens is 264 g/mol. The molecule has 0 spiro atoms. The highest BCUT2D eigenvalue weighted by Crippen LogP contribution is 2.24. The molecule has 2 fully saturated rings. The minimum Gasteiger partial charge on any atom is -0.314 e. The smallest absolute Gasteiger partial charge is 0.246 e. The molecule has 19 heavy (non-hydrogen) atoms. The Kier molecular flexibility index (Phi) is 3.60. The Balaban J connectivity index is 1.54. The molecular formula is C12H20N4O2S. The molecule has 2 aliphatic rings. The number of aromatic amines is 1. The molecule has 7 heteroatoms. The molecule has 1 saturated carbocycles. The molecule has 2 heterocycles. The van der Waals surface area contributed by atoms with Crippen molar-refractivity contribution in [3.63, 3.8) is 0 Å². The largest absolute Gasteiger partial charge is 0.314 e. The summed E-state index contributed by atoms with van der Waals surface area (Å²) in [6.45, 7) is 2.26. The minimum absolute atomic E-state index is 0.266. The zero-order chi connectivity index (χ0) is 13.3. The minimum atomic E-state index is -3.34. The number of aromatic nitrogens is 2. The molecule has 2 N–H and O–H groups in total. The van der Waals surface area contributed by atoms with Gasteiger partial charge in [-0.2, -0.15) is 9.40 Å². The van der Waals surface area contributed by atoms with Gasteiger partial charge in [-0.05, 0) is 38.1 Å². The van der Waals surface area contributed by atoms with Crippen molar-refractivity contribution < 1.29 is 8.42 Å². The monoisotopic (exact) mass is 284 g/mol. The quantitative estimate of drug-likeness (QED) is 0.828. The first-order chi connectivity index (χ1) is 9.16. The second kappa shape index (κ2) is 5.22. The van der Waals surface area contributed by atoms with Crippen molar-refractivity contribution in [2.45, 2.75) is 36.6 Å². The fourth-order valence-corrected chi connectivity index (χ4v) is 3.88. The van der Waals surface area contributed by atoms with Gasteiger partial charge in [-0.25, -0.2) is 8.42 Å². The number of H-pyrrole nitrogens is 1. The van der Waals surface area contributed by atoms with E-state index in [2.05, 4.69) is 15.5 Å². The fraction of sp³-hybridized carbons (Fsp3) is 0.750. The number of nitrogens with one attached hydrogen (secondary N) is 2. The molecule has 0 unspecified atom stereocenters. The van der Waals surface area contributed by atoms with Crippen molar-refractivity contribution in [3.05, 3.63) is 12.4 Å². The molecule has 0 aromatic carbocycles. The molecule has 106 valence electrons. The number of hydrogen-bond donors (Lipinski definition) is 2. The van der Waals surface area contributed by atoms with Gasteiger partial charge in [0.2, 0.25) is 10.0 Å². The van der Waals surface area contributed by atoms with Crippen molar-refractivity contribution >= 4 is 10.0 Å². The highest BCUT2D eigenvalue weighted by molar-refractivity contribution is 7.89. The van der Waals surface area contributed by atoms with Gasteiger partial charge in [0.25, 0.3) is 0 Å². The predicted octanol–water partition coefficient (Wildman–Crippen LogP) is 0.562. The van der Waals surface area contributed by atoms with Crippen LogP contribution in [0, 0.1) is 5.92 Å². The summed E-state index contributed by atoms with van der Waals surface area (Å²) in [5, 5.41) is 9.80. The maximum absolute atomic E-state index is 12.3. The van der Waals surface area contributed by atoms with Crippen molar-refractivity contribution in [1.29, 1.82) is 0 Å². The summed E-state index contributed by atoms with van der Waals surface area (Å²) < 4.78 is 26.1. The van der Waals surface area contributed by atoms with Crippen LogP contribution in [0.1, 0.15) is 25.7 Å². The molecule has 6 nitrogen and oxygen atoms in total. The first-order valence-electron chi connectivity index (χ1n) is 6.88. The molecule has 0 radical (unpaired) electrons. The lowest BCUT2D eigenvalue weighted by atomic mass is 9.98. The van der Waals surface area contributed by atoms with E-state index in [9.17, 15) is 8.42 Å². The van der Waals surface area contributed by atoms with Gasteiger partial charge in [-0.1, -0.05) is 0 Å². The molecule has 1 aromatic heterocycles. The van der Waals surface area contributed by atoms with Crippen LogP contribution in [-0.4, -0.2) is 48.6 Å². The Morgan fingerprint density at radius 2 is 2.05 bits per heavy atom. The van der Waals surface area contributed by atoms with E-state index in [4.69, 9.17) is 0 Å². The van der Waals surface area contributed by atoms with Gasteiger partial charge in [-0.15, -0.1) is 0 Å². The van der Waals surface area contributed by atoms with Crippen LogP contribution in [0.3, 0.4) is 0 Å². The summed E-state index contributed by atoms with van der Waals surface area (Å²) >= 11 is 0. The zero-order valence-corrected chi connectivity index (χ0v) is 11.7. The van der Waals surface area contributed by atoms with Gasteiger partial charge in [0.1, 0.15) is 4.90 Å². The standard InChI is InChI=1S/C12H20N4O2S/c17-19(18,12-8-14-15-9-12)16-5-3-10(4-6-16)7-13-11-1-2-11/h8-11,13H,1-7H2,(H,14,15). The highest BCUT2D eigenvalue weighted by atomic mass is 32.2. The third-order valence-electron chi connectivity index (χ3n) is 3.96. The average Bonchev–Trinajstić information content (AvgIpc) is 3.07. The van der Waals surface area contributed by atoms with Crippen LogP contribution in [0.5, 0.6) is 0 Å². The number of sulfonamides is 1. The van der Waals surface area contributed by atoms with Gasteiger partial charge in [0.15, 0.2) is 0 Å². The summed E-state index contributed by atoms with van der Waals surface area (Å²) in [5.74, 6) is 0.608. The Labute approximate surface area is 113 Å². The molecule has 0 atom stereocenters. The Morgan fingerprint density at radius 3 is 2.63 bits per heavy atom. The molecule has 0 amide bonds. The zero-order valence-electron chi connectivity index (χ0n) is 10.9. The van der Waals surface area contributed by atoms with Gasteiger partial charge in [0, 0.05) is 25.3 Å². The second-order valence-corrected chi connectivity index (χ2v) is 7.40. The number of hydrogen-bond acceptors (Lipinski definition) is 4. The van der Waals surface area contributed by atoms with Gasteiger partial charge in [0.05, 0.1) is 6.20 Å². The van der Waals surface area contributed by atoms with Crippen molar-refractivity contribution in [1.82, 2.24) is 19.8 Å². The van der Waals surface area contributed by atoms with Gasteiger partial charge >= 0.3 is 0 Å². The van der Waals surface area contributed by atoms with Crippen LogP contribution < -0.4 is 5.32 Å². The summed E-state index contributed by atoms with van der Waals surface area (Å²) in [6, 6.07) is 0.729. The van der Waals surface area contributed by atoms with E-state index in [0.29, 0.717) is 19.0 Å². The molecule has 0 bridgehead atoms. The lowest BCUT2D eigenvalue weighted by Crippen LogP contribution is -2.40. The maximum atomic E-state index is 12.3. The third-order valence-corrected chi connectivity index (χ3v) is 5.82. The maximum Gasteiger partial charge on any atom is 0.246 e. The van der Waals surface area contributed by atoms with E-state index in [0.717, 1.165) is 25.4 Å². The highest BCUT2D eigenvalue weighted by Gasteiger charge is 2.30. The van der Waals surface area contributed by atoms with Crippen molar-refractivity contribution in [2.24, 2.45) is 5.92 Å². The van der Waals surface area contributed by atoms with Crippen LogP contribution >= 0.6 is 0 Å². The van der Waals surface area contributed by atoms with Gasteiger partial charge in [-0.3, -0.25) is 5.10 Å². The summed E-state index contributed by atoms with van der Waals surface area (Å²) in [7, 11) is -3.34. The second-order valence-electron chi connectivity index (χ2n) is 5.46. The summed E-state index contributed by atoms with van der Waals surface area (Å²) in [6.07, 6.45) is 7.29. The fourth-order valence-electron chi connectivity index (χ4n) is 2.50. The van der Waals surface area contributed by atoms with Crippen LogP contribution in [0.2, 0.25) is 0 Å². The predicted molar refractivity (Wildman–Crippen MR) is 71.1 cm³/mol. The average molecular weight is 284 g/mol. The van der Waals surface area contributed by atoms with E-state index >= 15 is 0 Å². The SMILES string of the molecule is O=S(=O)(c1cn[nH]c1)N1CCC(CNC2CC2)CC1. The Morgan fingerprint density at radius 1 is 1.32 bits per heavy atom. The first kappa shape index (κ1) is 13.1. The lowest BCUT2D eigenvalue weighted by Gasteiger charge is -2.31. The lowest BCUT2D eigenvalue weighted by molar-refractivity contribution is 0.267. The van der Waals surface area contributed by atoms with Crippen LogP contribution in [0.15, 0.2) is 17.3 Å². The Hall–Kier alpha value is -0.920. The van der Waals surface area contributed by atoms with Crippen molar-refractivity contribution in [3.8, 4) is 0 Å². The first-order valence-corrected chi connectivity index (χ1v) is 8.32. The normalized spacial score (nSPS) is 22.7. The molecule has 1 saturated heterocycles. The van der Waals surface area contributed by atoms with E-state index in [1.54, 1.807) is 4.31 Å². The van der Waals surface area contributed by atoms with E-state index in [-0.39, 0.29) is 4.90 Å². The summed E-state index contributed by atoms with van der Waals surface area (Å²) in [4.78, 5) is 0.266. The number of nitrogens with zero attached hydrogens (tertiary/aromatic N) is 2. The van der Waals surface area contributed by atoms with Crippen molar-refractivity contribution in [2.75, 3.05) is 19.6 Å². The van der Waals surface area contributed by atoms with Gasteiger partial charge < -0.3 is 5.32 Å². The molecule has 1 aromatic rings. The molecule has 1 aliphatic carbocycles. The summed E-state index contributed by atoms with van der Waals surface area (Å²) in [5.41, 5.74) is 0. The number of piperidine rings is 1. The number of rotatable bonds is 5. The van der Waals surface area contributed by atoms with E-state index < -0.39 is 10.0 Å². The molecule has 1 aliphatic heterocycles. The van der Waals surface area contributed by atoms with E-state index in [1.165, 1.54) is 25.2 Å².